The highest BCUT2D eigenvalue weighted by molar-refractivity contribution is 6.30. The van der Waals surface area contributed by atoms with Crippen LogP contribution in [0.25, 0.3) is 0 Å². The van der Waals surface area contributed by atoms with E-state index in [1.54, 1.807) is 0 Å². The normalized spacial score (nSPS) is 22.6. The molecule has 2 atom stereocenters. The van der Waals surface area contributed by atoms with Crippen LogP contribution < -0.4 is 0 Å². The Bertz CT molecular complexity index is 555. The van der Waals surface area contributed by atoms with Gasteiger partial charge < -0.3 is 4.90 Å². The second-order valence-corrected chi connectivity index (χ2v) is 7.33. The number of amides is 1. The molecule has 2 unspecified atom stereocenters. The van der Waals surface area contributed by atoms with E-state index >= 15 is 0 Å². The molecule has 0 aromatic heterocycles. The topological polar surface area (TPSA) is 20.3 Å². The highest BCUT2D eigenvalue weighted by Gasteiger charge is 2.60. The fourth-order valence-electron chi connectivity index (χ4n) is 3.00. The fourth-order valence-corrected chi connectivity index (χ4v) is 3.12. The van der Waals surface area contributed by atoms with Gasteiger partial charge >= 0.3 is 0 Å². The van der Waals surface area contributed by atoms with E-state index in [9.17, 15) is 4.79 Å². The number of hydrogen-bond donors (Lipinski definition) is 0. The molecule has 1 aliphatic rings. The highest BCUT2D eigenvalue weighted by atomic mass is 35.5. The molecule has 1 aliphatic carbocycles. The molecule has 21 heavy (non-hydrogen) atoms. The van der Waals surface area contributed by atoms with Crippen molar-refractivity contribution < 1.29 is 4.79 Å². The summed E-state index contributed by atoms with van der Waals surface area (Å²) < 4.78 is 0. The molecule has 1 saturated carbocycles. The average molecular weight is 306 g/mol. The number of rotatable bonds is 4. The van der Waals surface area contributed by atoms with Crippen molar-refractivity contribution in [1.29, 1.82) is 0 Å². The van der Waals surface area contributed by atoms with Crippen LogP contribution in [0.4, 0.5) is 0 Å². The molecule has 0 aliphatic heterocycles. The molecule has 0 saturated heterocycles. The zero-order valence-corrected chi connectivity index (χ0v) is 14.2. The van der Waals surface area contributed by atoms with E-state index < -0.39 is 0 Å². The molecule has 0 heterocycles. The Kier molecular flexibility index (Phi) is 4.48. The van der Waals surface area contributed by atoms with E-state index in [1.165, 1.54) is 5.57 Å². The predicted octanol–water partition coefficient (Wildman–Crippen LogP) is 4.54. The summed E-state index contributed by atoms with van der Waals surface area (Å²) in [6, 6.07) is 7.67. The third kappa shape index (κ3) is 3.49. The number of halogens is 1. The summed E-state index contributed by atoms with van der Waals surface area (Å²) in [5.74, 6) is 0.699. The first-order chi connectivity index (χ1) is 9.73. The first kappa shape index (κ1) is 16.1. The van der Waals surface area contributed by atoms with Gasteiger partial charge in [-0.25, -0.2) is 0 Å². The van der Waals surface area contributed by atoms with Gasteiger partial charge in [0.25, 0.3) is 0 Å². The monoisotopic (exact) mass is 305 g/mol. The van der Waals surface area contributed by atoms with E-state index in [4.69, 9.17) is 11.6 Å². The number of nitrogens with zero attached hydrogens (tertiary/aromatic N) is 1. The molecule has 1 aromatic carbocycles. The predicted molar refractivity (Wildman–Crippen MR) is 88.1 cm³/mol. The molecule has 0 radical (unpaired) electrons. The summed E-state index contributed by atoms with van der Waals surface area (Å²) in [6.45, 7) is 9.16. The molecule has 3 heteroatoms. The SMILES string of the molecule is CC(C)=CC1C(C(=O)N(C)Cc2ccc(Cl)cc2)C1(C)C. The van der Waals surface area contributed by atoms with E-state index in [0.717, 1.165) is 10.6 Å². The molecule has 2 nitrogen and oxygen atoms in total. The third-order valence-electron chi connectivity index (χ3n) is 4.40. The lowest BCUT2D eigenvalue weighted by molar-refractivity contribution is -0.132. The van der Waals surface area contributed by atoms with Gasteiger partial charge in [0.15, 0.2) is 0 Å². The van der Waals surface area contributed by atoms with Gasteiger partial charge in [0.05, 0.1) is 5.92 Å². The summed E-state index contributed by atoms with van der Waals surface area (Å²) in [5, 5.41) is 0.722. The van der Waals surface area contributed by atoms with Crippen molar-refractivity contribution in [1.82, 2.24) is 4.90 Å². The van der Waals surface area contributed by atoms with Crippen LogP contribution in [0.3, 0.4) is 0 Å². The molecule has 114 valence electrons. The second-order valence-electron chi connectivity index (χ2n) is 6.89. The zero-order chi connectivity index (χ0) is 15.8. The number of hydrogen-bond acceptors (Lipinski definition) is 1. The summed E-state index contributed by atoms with van der Waals surface area (Å²) in [6.07, 6.45) is 2.23. The van der Waals surface area contributed by atoms with Crippen molar-refractivity contribution >= 4 is 17.5 Å². The minimum atomic E-state index is 0.0720. The first-order valence-electron chi connectivity index (χ1n) is 7.38. The Labute approximate surface area is 132 Å². The van der Waals surface area contributed by atoms with Crippen LogP contribution >= 0.6 is 11.6 Å². The fraction of sp³-hybridized carbons (Fsp3) is 0.500. The maximum Gasteiger partial charge on any atom is 0.226 e. The minimum Gasteiger partial charge on any atom is -0.341 e. The molecule has 0 spiro atoms. The third-order valence-corrected chi connectivity index (χ3v) is 4.65. The summed E-state index contributed by atoms with van der Waals surface area (Å²) >= 11 is 5.89. The van der Waals surface area contributed by atoms with Crippen molar-refractivity contribution in [2.75, 3.05) is 7.05 Å². The Balaban J connectivity index is 2.03. The summed E-state index contributed by atoms with van der Waals surface area (Å²) in [7, 11) is 1.88. The van der Waals surface area contributed by atoms with E-state index in [1.807, 2.05) is 36.2 Å². The molecule has 1 aromatic rings. The largest absolute Gasteiger partial charge is 0.341 e. The van der Waals surface area contributed by atoms with E-state index in [2.05, 4.69) is 33.8 Å². The van der Waals surface area contributed by atoms with E-state index in [0.29, 0.717) is 12.5 Å². The number of carbonyl (C=O) groups is 1. The summed E-state index contributed by atoms with van der Waals surface area (Å²) in [5.41, 5.74) is 2.46. The van der Waals surface area contributed by atoms with Crippen molar-refractivity contribution in [3.05, 3.63) is 46.5 Å². The van der Waals surface area contributed by atoms with Crippen molar-refractivity contribution in [2.45, 2.75) is 34.2 Å². The maximum absolute atomic E-state index is 12.7. The minimum absolute atomic E-state index is 0.0720. The van der Waals surface area contributed by atoms with Crippen molar-refractivity contribution in [3.8, 4) is 0 Å². The van der Waals surface area contributed by atoms with Gasteiger partial charge in [-0.15, -0.1) is 0 Å². The van der Waals surface area contributed by atoms with Gasteiger partial charge in [-0.05, 0) is 42.9 Å². The van der Waals surface area contributed by atoms with Crippen LogP contribution in [0, 0.1) is 17.3 Å². The quantitative estimate of drug-likeness (QED) is 0.748. The molecule has 1 amide bonds. The van der Waals surface area contributed by atoms with Crippen molar-refractivity contribution in [3.63, 3.8) is 0 Å². The van der Waals surface area contributed by atoms with Gasteiger partial charge in [0.2, 0.25) is 5.91 Å². The van der Waals surface area contributed by atoms with E-state index in [-0.39, 0.29) is 17.2 Å². The van der Waals surface area contributed by atoms with Crippen LogP contribution in [0.1, 0.15) is 33.3 Å². The van der Waals surface area contributed by atoms with Gasteiger partial charge in [-0.2, -0.15) is 0 Å². The van der Waals surface area contributed by atoms with Crippen LogP contribution in [-0.4, -0.2) is 17.9 Å². The van der Waals surface area contributed by atoms with Crippen molar-refractivity contribution in [2.24, 2.45) is 17.3 Å². The second kappa shape index (κ2) is 5.84. The van der Waals surface area contributed by atoms with Gasteiger partial charge in [0, 0.05) is 18.6 Å². The standard InChI is InChI=1S/C18H24ClNO/c1-12(2)10-15-16(18(15,3)4)17(21)20(5)11-13-6-8-14(19)9-7-13/h6-10,15-16H,11H2,1-5H3. The Hall–Kier alpha value is -1.28. The van der Waals surface area contributed by atoms with Crippen LogP contribution in [0.5, 0.6) is 0 Å². The molecular formula is C18H24ClNO. The van der Waals surface area contributed by atoms with Crippen LogP contribution in [-0.2, 0) is 11.3 Å². The average Bonchev–Trinajstić information content (AvgIpc) is 2.91. The lowest BCUT2D eigenvalue weighted by Gasteiger charge is -2.18. The Morgan fingerprint density at radius 3 is 2.38 bits per heavy atom. The first-order valence-corrected chi connectivity index (χ1v) is 7.75. The number of allylic oxidation sites excluding steroid dienone is 2. The lowest BCUT2D eigenvalue weighted by atomic mass is 10.1. The van der Waals surface area contributed by atoms with Gasteiger partial charge in [-0.1, -0.05) is 49.2 Å². The molecular weight excluding hydrogens is 282 g/mol. The number of carbonyl (C=O) groups excluding carboxylic acids is 1. The highest BCUT2D eigenvalue weighted by Crippen LogP contribution is 2.60. The Morgan fingerprint density at radius 1 is 1.29 bits per heavy atom. The molecule has 0 bridgehead atoms. The maximum atomic E-state index is 12.7. The lowest BCUT2D eigenvalue weighted by Crippen LogP contribution is -2.29. The molecule has 1 fully saturated rings. The Morgan fingerprint density at radius 2 is 1.86 bits per heavy atom. The zero-order valence-electron chi connectivity index (χ0n) is 13.5. The smallest absolute Gasteiger partial charge is 0.226 e. The van der Waals surface area contributed by atoms with Gasteiger partial charge in [0.1, 0.15) is 0 Å². The van der Waals surface area contributed by atoms with Crippen LogP contribution in [0.2, 0.25) is 5.02 Å². The van der Waals surface area contributed by atoms with Crippen LogP contribution in [0.15, 0.2) is 35.9 Å². The molecule has 0 N–H and O–H groups in total. The molecule has 2 rings (SSSR count). The number of benzene rings is 1. The summed E-state index contributed by atoms with van der Waals surface area (Å²) in [4.78, 5) is 14.5. The van der Waals surface area contributed by atoms with Gasteiger partial charge in [-0.3, -0.25) is 4.79 Å².